The average Bonchev–Trinajstić information content (AvgIpc) is 3.03. The molecule has 3 heterocycles. The van der Waals surface area contributed by atoms with Crippen molar-refractivity contribution in [2.45, 2.75) is 32.5 Å². The quantitative estimate of drug-likeness (QED) is 0.677. The molecule has 4 rings (SSSR count). The molecule has 0 unspecified atom stereocenters. The van der Waals surface area contributed by atoms with Gasteiger partial charge >= 0.3 is 0 Å². The van der Waals surface area contributed by atoms with Crippen LogP contribution in [0, 0.1) is 0 Å². The third-order valence-corrected chi connectivity index (χ3v) is 4.12. The van der Waals surface area contributed by atoms with Gasteiger partial charge in [-0.2, -0.15) is 5.10 Å². The maximum atomic E-state index is 6.02. The number of rotatable bonds is 0. The lowest BCUT2D eigenvalue weighted by atomic mass is 10.1. The van der Waals surface area contributed by atoms with E-state index in [-0.39, 0.29) is 12.2 Å². The fourth-order valence-electron chi connectivity index (χ4n) is 2.77. The zero-order valence-corrected chi connectivity index (χ0v) is 14.2. The maximum Gasteiger partial charge on any atom is 0.233 e. The number of benzene rings is 1. The summed E-state index contributed by atoms with van der Waals surface area (Å²) >= 11 is 0. The Bertz CT molecular complexity index is 880. The second-order valence-electron chi connectivity index (χ2n) is 6.23. The van der Waals surface area contributed by atoms with Gasteiger partial charge in [0.25, 0.3) is 0 Å². The monoisotopic (exact) mass is 340 g/mol. The molecule has 3 aromatic rings. The Morgan fingerprint density at radius 2 is 2.08 bits per heavy atom. The number of hydrogen-bond acceptors (Lipinski definition) is 6. The average molecular weight is 340 g/mol. The van der Waals surface area contributed by atoms with Crippen LogP contribution in [0.3, 0.4) is 0 Å². The minimum absolute atomic E-state index is 0.0408. The Kier molecular flexibility index (Phi) is 4.23. The number of aromatic nitrogens is 4. The molecule has 1 N–H and O–H groups in total. The Balaban J connectivity index is 1.78. The van der Waals surface area contributed by atoms with E-state index in [9.17, 15) is 0 Å². The van der Waals surface area contributed by atoms with Gasteiger partial charge in [-0.15, -0.1) is 0 Å². The first kappa shape index (κ1) is 15.8. The summed E-state index contributed by atoms with van der Waals surface area (Å²) in [5.41, 5.74) is 2.30. The van der Waals surface area contributed by atoms with Crippen molar-refractivity contribution in [2.75, 3.05) is 13.2 Å². The summed E-state index contributed by atoms with van der Waals surface area (Å²) in [6.45, 7) is 5.03. The van der Waals surface area contributed by atoms with E-state index >= 15 is 0 Å². The molecule has 7 heteroatoms. The lowest BCUT2D eigenvalue weighted by Crippen LogP contribution is -2.22. The van der Waals surface area contributed by atoms with Gasteiger partial charge in [-0.3, -0.25) is 10.1 Å². The van der Waals surface area contributed by atoms with Crippen molar-refractivity contribution in [1.29, 1.82) is 0 Å². The van der Waals surface area contributed by atoms with E-state index in [1.165, 1.54) is 0 Å². The molecule has 2 aromatic heterocycles. The third kappa shape index (κ3) is 3.41. The van der Waals surface area contributed by atoms with Gasteiger partial charge in [-0.05, 0) is 32.0 Å². The van der Waals surface area contributed by atoms with Gasteiger partial charge < -0.3 is 14.2 Å². The summed E-state index contributed by atoms with van der Waals surface area (Å²) in [7, 11) is 0. The standard InChI is InChI=1S/C18H20N4O3/c1-11-5-6-23-12(2)10-24-17-9-19-8-16(20-17)18-14-7-13(25-11)3-4-15(14)21-22-18/h3-4,7-9,11-12H,5-6,10H2,1-2H3,(H,21,22)/t11-,12-/m0/s1. The lowest BCUT2D eigenvalue weighted by Gasteiger charge is -2.17. The SMILES string of the molecule is C[C@H]1COc2cncc(n2)-c2n[nH]c3ccc(cc23)O[C@@H](C)CCO1. The minimum atomic E-state index is -0.0408. The zero-order chi connectivity index (χ0) is 17.2. The number of H-pyrrole nitrogens is 1. The van der Waals surface area contributed by atoms with Gasteiger partial charge in [0.1, 0.15) is 23.7 Å². The molecule has 0 amide bonds. The van der Waals surface area contributed by atoms with Gasteiger partial charge in [-0.25, -0.2) is 4.98 Å². The molecular formula is C18H20N4O3. The van der Waals surface area contributed by atoms with Crippen LogP contribution in [-0.2, 0) is 4.74 Å². The third-order valence-electron chi connectivity index (χ3n) is 4.12. The van der Waals surface area contributed by atoms with Crippen LogP contribution in [0.15, 0.2) is 30.6 Å². The Morgan fingerprint density at radius 3 is 3.00 bits per heavy atom. The predicted molar refractivity (Wildman–Crippen MR) is 92.7 cm³/mol. The number of aromatic amines is 1. The van der Waals surface area contributed by atoms with Crippen molar-refractivity contribution < 1.29 is 14.2 Å². The van der Waals surface area contributed by atoms with E-state index < -0.39 is 0 Å². The van der Waals surface area contributed by atoms with Crippen LogP contribution in [0.2, 0.25) is 0 Å². The Morgan fingerprint density at radius 1 is 1.16 bits per heavy atom. The van der Waals surface area contributed by atoms with Crippen LogP contribution in [0.5, 0.6) is 11.6 Å². The molecule has 0 saturated carbocycles. The predicted octanol–water partition coefficient (Wildman–Crippen LogP) is 2.97. The molecule has 4 bridgehead atoms. The van der Waals surface area contributed by atoms with Gasteiger partial charge in [-0.1, -0.05) is 0 Å². The Hall–Kier alpha value is -2.67. The summed E-state index contributed by atoms with van der Waals surface area (Å²) < 4.78 is 17.5. The number of fused-ring (bicyclic) bond motifs is 4. The number of nitrogens with zero attached hydrogens (tertiary/aromatic N) is 3. The van der Waals surface area contributed by atoms with Crippen LogP contribution in [-0.4, -0.2) is 45.6 Å². The van der Waals surface area contributed by atoms with Crippen molar-refractivity contribution in [3.8, 4) is 23.0 Å². The fourth-order valence-corrected chi connectivity index (χ4v) is 2.77. The van der Waals surface area contributed by atoms with E-state index in [1.807, 2.05) is 32.0 Å². The Labute approximate surface area is 145 Å². The first-order valence-corrected chi connectivity index (χ1v) is 8.40. The summed E-state index contributed by atoms with van der Waals surface area (Å²) in [4.78, 5) is 8.74. The fraction of sp³-hybridized carbons (Fsp3) is 0.389. The molecule has 1 aliphatic heterocycles. The summed E-state index contributed by atoms with van der Waals surface area (Å²) in [6.07, 6.45) is 4.08. The summed E-state index contributed by atoms with van der Waals surface area (Å²) in [5.74, 6) is 1.26. The molecule has 25 heavy (non-hydrogen) atoms. The van der Waals surface area contributed by atoms with E-state index in [2.05, 4.69) is 20.2 Å². The van der Waals surface area contributed by atoms with Crippen molar-refractivity contribution in [2.24, 2.45) is 0 Å². The van der Waals surface area contributed by atoms with E-state index in [0.29, 0.717) is 24.8 Å². The maximum absolute atomic E-state index is 6.02. The second kappa shape index (κ2) is 6.68. The smallest absolute Gasteiger partial charge is 0.233 e. The molecule has 0 radical (unpaired) electrons. The molecule has 1 aliphatic rings. The highest BCUT2D eigenvalue weighted by atomic mass is 16.5. The molecule has 0 aliphatic carbocycles. The minimum Gasteiger partial charge on any atom is -0.491 e. The highest BCUT2D eigenvalue weighted by molar-refractivity contribution is 5.92. The van der Waals surface area contributed by atoms with Crippen LogP contribution in [0.1, 0.15) is 20.3 Å². The molecule has 0 spiro atoms. The summed E-state index contributed by atoms with van der Waals surface area (Å²) in [6, 6.07) is 5.87. The first-order chi connectivity index (χ1) is 12.2. The van der Waals surface area contributed by atoms with Crippen molar-refractivity contribution >= 4 is 10.9 Å². The molecule has 2 atom stereocenters. The number of hydrogen-bond donors (Lipinski definition) is 1. The summed E-state index contributed by atoms with van der Waals surface area (Å²) in [5, 5.41) is 8.36. The molecule has 1 aromatic carbocycles. The highest BCUT2D eigenvalue weighted by Gasteiger charge is 2.15. The van der Waals surface area contributed by atoms with Crippen molar-refractivity contribution in [3.63, 3.8) is 0 Å². The number of nitrogens with one attached hydrogen (secondary N) is 1. The van der Waals surface area contributed by atoms with Crippen LogP contribution >= 0.6 is 0 Å². The highest BCUT2D eigenvalue weighted by Crippen LogP contribution is 2.29. The normalized spacial score (nSPS) is 21.2. The second-order valence-corrected chi connectivity index (χ2v) is 6.23. The molecule has 130 valence electrons. The van der Waals surface area contributed by atoms with Gasteiger partial charge in [0, 0.05) is 11.8 Å². The van der Waals surface area contributed by atoms with E-state index in [0.717, 1.165) is 28.8 Å². The molecule has 0 saturated heterocycles. The van der Waals surface area contributed by atoms with Crippen molar-refractivity contribution in [3.05, 3.63) is 30.6 Å². The van der Waals surface area contributed by atoms with Crippen molar-refractivity contribution in [1.82, 2.24) is 20.2 Å². The topological polar surface area (TPSA) is 82.2 Å². The first-order valence-electron chi connectivity index (χ1n) is 8.40. The zero-order valence-electron chi connectivity index (χ0n) is 14.2. The van der Waals surface area contributed by atoms with Crippen LogP contribution < -0.4 is 9.47 Å². The van der Waals surface area contributed by atoms with Gasteiger partial charge in [0.2, 0.25) is 5.88 Å². The number of ether oxygens (including phenoxy) is 3. The van der Waals surface area contributed by atoms with Gasteiger partial charge in [0.15, 0.2) is 0 Å². The molecule has 0 fully saturated rings. The largest absolute Gasteiger partial charge is 0.491 e. The molecule has 7 nitrogen and oxygen atoms in total. The van der Waals surface area contributed by atoms with Gasteiger partial charge in [0.05, 0.1) is 36.7 Å². The van der Waals surface area contributed by atoms with E-state index in [4.69, 9.17) is 14.2 Å². The molecular weight excluding hydrogens is 320 g/mol. The van der Waals surface area contributed by atoms with E-state index in [1.54, 1.807) is 12.4 Å². The lowest BCUT2D eigenvalue weighted by molar-refractivity contribution is 0.0179. The van der Waals surface area contributed by atoms with Crippen LogP contribution in [0.25, 0.3) is 22.3 Å². The van der Waals surface area contributed by atoms with Crippen LogP contribution in [0.4, 0.5) is 0 Å².